The van der Waals surface area contributed by atoms with Gasteiger partial charge in [0.25, 0.3) is 0 Å². The van der Waals surface area contributed by atoms with Gasteiger partial charge in [0.1, 0.15) is 0 Å². The third kappa shape index (κ3) is 8.97. The summed E-state index contributed by atoms with van der Waals surface area (Å²) >= 11 is 0. The number of nitrogens with zero attached hydrogens (tertiary/aromatic N) is 2. The van der Waals surface area contributed by atoms with Crippen LogP contribution in [0.25, 0.3) is 0 Å². The molecule has 0 radical (unpaired) electrons. The number of halogens is 1. The minimum atomic E-state index is 0. The molecule has 0 unspecified atom stereocenters. The molecule has 1 aliphatic rings. The first kappa shape index (κ1) is 19.9. The van der Waals surface area contributed by atoms with Crippen molar-refractivity contribution >= 4 is 29.9 Å². The van der Waals surface area contributed by atoms with Crippen molar-refractivity contribution in [3.8, 4) is 0 Å². The smallest absolute Gasteiger partial charge is 0.188 e. The molecule has 1 rings (SSSR count). The Bertz CT molecular complexity index is 256. The third-order valence-corrected chi connectivity index (χ3v) is 3.68. The average Bonchev–Trinajstić information content (AvgIpc) is 2.44. The summed E-state index contributed by atoms with van der Waals surface area (Å²) in [6.07, 6.45) is 4.76. The van der Waals surface area contributed by atoms with Gasteiger partial charge >= 0.3 is 0 Å². The minimum Gasteiger partial charge on any atom is -0.383 e. The van der Waals surface area contributed by atoms with E-state index in [4.69, 9.17) is 10.5 Å². The number of nitrogens with two attached hydrogens (primary N) is 1. The van der Waals surface area contributed by atoms with Gasteiger partial charge in [-0.2, -0.15) is 0 Å². The summed E-state index contributed by atoms with van der Waals surface area (Å²) in [6, 6.07) is 0. The molecule has 1 heterocycles. The van der Waals surface area contributed by atoms with E-state index in [1.54, 1.807) is 7.11 Å². The highest BCUT2D eigenvalue weighted by Crippen LogP contribution is 2.16. The van der Waals surface area contributed by atoms with Crippen LogP contribution in [0.4, 0.5) is 0 Å². The van der Waals surface area contributed by atoms with Crippen LogP contribution >= 0.6 is 24.0 Å². The first-order valence-electron chi connectivity index (χ1n) is 7.51. The Morgan fingerprint density at radius 3 is 2.70 bits per heavy atom. The number of hydrogen-bond acceptors (Lipinski definition) is 3. The van der Waals surface area contributed by atoms with Crippen LogP contribution in [-0.2, 0) is 4.74 Å². The number of rotatable bonds is 8. The maximum Gasteiger partial charge on any atom is 0.188 e. The van der Waals surface area contributed by atoms with Crippen molar-refractivity contribution in [1.82, 2.24) is 10.2 Å². The van der Waals surface area contributed by atoms with Crippen LogP contribution in [0.5, 0.6) is 0 Å². The molecule has 0 atom stereocenters. The Balaban J connectivity index is 0.00000361. The van der Waals surface area contributed by atoms with E-state index in [2.05, 4.69) is 22.1 Å². The maximum atomic E-state index is 5.84. The molecule has 6 heteroatoms. The predicted octanol–water partition coefficient (Wildman–Crippen LogP) is 1.67. The molecule has 1 saturated heterocycles. The molecule has 1 aliphatic heterocycles. The van der Waals surface area contributed by atoms with E-state index < -0.39 is 0 Å². The fraction of sp³-hybridized carbons (Fsp3) is 0.929. The van der Waals surface area contributed by atoms with Crippen molar-refractivity contribution in [2.75, 3.05) is 46.4 Å². The SMILES string of the molecule is CCCCNC(N)=NCC1CCN(CCOC)CC1.I. The third-order valence-electron chi connectivity index (χ3n) is 3.68. The molecule has 0 bridgehead atoms. The van der Waals surface area contributed by atoms with Gasteiger partial charge in [-0.3, -0.25) is 4.99 Å². The molecule has 0 saturated carbocycles. The summed E-state index contributed by atoms with van der Waals surface area (Å²) in [4.78, 5) is 6.91. The normalized spacial score (nSPS) is 17.8. The summed E-state index contributed by atoms with van der Waals surface area (Å²) in [5, 5.41) is 3.16. The number of nitrogens with one attached hydrogen (secondary N) is 1. The molecule has 20 heavy (non-hydrogen) atoms. The second-order valence-corrected chi connectivity index (χ2v) is 5.28. The lowest BCUT2D eigenvalue weighted by Crippen LogP contribution is -2.37. The van der Waals surface area contributed by atoms with Crippen molar-refractivity contribution in [3.63, 3.8) is 0 Å². The summed E-state index contributed by atoms with van der Waals surface area (Å²) in [7, 11) is 1.76. The van der Waals surface area contributed by atoms with E-state index >= 15 is 0 Å². The first-order chi connectivity index (χ1) is 9.26. The minimum absolute atomic E-state index is 0. The summed E-state index contributed by atoms with van der Waals surface area (Å²) in [6.45, 7) is 8.17. The van der Waals surface area contributed by atoms with Gasteiger partial charge < -0.3 is 20.7 Å². The summed E-state index contributed by atoms with van der Waals surface area (Å²) in [5.74, 6) is 1.29. The fourth-order valence-electron chi connectivity index (χ4n) is 2.29. The van der Waals surface area contributed by atoms with Crippen LogP contribution in [0.2, 0.25) is 0 Å². The molecule has 3 N–H and O–H groups in total. The largest absolute Gasteiger partial charge is 0.383 e. The maximum absolute atomic E-state index is 5.84. The van der Waals surface area contributed by atoms with Crippen LogP contribution in [0.15, 0.2) is 4.99 Å². The average molecular weight is 398 g/mol. The highest BCUT2D eigenvalue weighted by Gasteiger charge is 2.18. The second-order valence-electron chi connectivity index (χ2n) is 5.28. The van der Waals surface area contributed by atoms with Gasteiger partial charge in [0.15, 0.2) is 5.96 Å². The molecule has 0 amide bonds. The van der Waals surface area contributed by atoms with Gasteiger partial charge in [-0.25, -0.2) is 0 Å². The van der Waals surface area contributed by atoms with Gasteiger partial charge in [0.2, 0.25) is 0 Å². The number of aliphatic imine (C=N–C) groups is 1. The second kappa shape index (κ2) is 12.6. The molecule has 1 fully saturated rings. The van der Waals surface area contributed by atoms with Gasteiger partial charge in [-0.15, -0.1) is 24.0 Å². The van der Waals surface area contributed by atoms with Crippen LogP contribution in [0.3, 0.4) is 0 Å². The number of guanidine groups is 1. The molecule has 120 valence electrons. The van der Waals surface area contributed by atoms with Gasteiger partial charge in [0, 0.05) is 26.7 Å². The molecule has 0 aromatic carbocycles. The molecule has 0 aliphatic carbocycles. The summed E-state index contributed by atoms with van der Waals surface area (Å²) in [5.41, 5.74) is 5.84. The van der Waals surface area contributed by atoms with Crippen molar-refractivity contribution in [3.05, 3.63) is 0 Å². The number of hydrogen-bond donors (Lipinski definition) is 2. The lowest BCUT2D eigenvalue weighted by Gasteiger charge is -2.30. The van der Waals surface area contributed by atoms with E-state index in [-0.39, 0.29) is 24.0 Å². The van der Waals surface area contributed by atoms with Crippen LogP contribution < -0.4 is 11.1 Å². The number of likely N-dealkylation sites (tertiary alicyclic amines) is 1. The van der Waals surface area contributed by atoms with Crippen LogP contribution in [0, 0.1) is 5.92 Å². The molecular formula is C14H31IN4O. The van der Waals surface area contributed by atoms with Crippen molar-refractivity contribution < 1.29 is 4.74 Å². The Kier molecular flexibility index (Phi) is 12.6. The fourth-order valence-corrected chi connectivity index (χ4v) is 2.29. The van der Waals surface area contributed by atoms with Crippen molar-refractivity contribution in [2.45, 2.75) is 32.6 Å². The van der Waals surface area contributed by atoms with Crippen molar-refractivity contribution in [1.29, 1.82) is 0 Å². The van der Waals surface area contributed by atoms with Crippen LogP contribution in [-0.4, -0.2) is 57.3 Å². The number of piperidine rings is 1. The highest BCUT2D eigenvalue weighted by atomic mass is 127. The Labute approximate surface area is 140 Å². The zero-order valence-corrected chi connectivity index (χ0v) is 15.3. The van der Waals surface area contributed by atoms with E-state index in [0.29, 0.717) is 11.9 Å². The predicted molar refractivity (Wildman–Crippen MR) is 95.9 cm³/mol. The molecule has 0 spiro atoms. The number of methoxy groups -OCH3 is 1. The Hall–Kier alpha value is -0.0800. The van der Waals surface area contributed by atoms with E-state index in [1.807, 2.05) is 0 Å². The van der Waals surface area contributed by atoms with Gasteiger partial charge in [-0.05, 0) is 38.3 Å². The lowest BCUT2D eigenvalue weighted by molar-refractivity contribution is 0.121. The van der Waals surface area contributed by atoms with Crippen LogP contribution in [0.1, 0.15) is 32.6 Å². The quantitative estimate of drug-likeness (QED) is 0.283. The molecule has 5 nitrogen and oxygen atoms in total. The van der Waals surface area contributed by atoms with Gasteiger partial charge in [-0.1, -0.05) is 13.3 Å². The Morgan fingerprint density at radius 1 is 1.40 bits per heavy atom. The zero-order chi connectivity index (χ0) is 13.9. The molecule has 0 aromatic heterocycles. The van der Waals surface area contributed by atoms with Crippen molar-refractivity contribution in [2.24, 2.45) is 16.6 Å². The van der Waals surface area contributed by atoms with Gasteiger partial charge in [0.05, 0.1) is 6.61 Å². The number of ether oxygens (including phenoxy) is 1. The Morgan fingerprint density at radius 2 is 2.10 bits per heavy atom. The monoisotopic (exact) mass is 398 g/mol. The standard InChI is InChI=1S/C14H30N4O.HI/c1-3-4-7-16-14(15)17-12-13-5-8-18(9-6-13)10-11-19-2;/h13H,3-12H2,1-2H3,(H3,15,16,17);1H. The lowest BCUT2D eigenvalue weighted by atomic mass is 9.97. The van der Waals surface area contributed by atoms with E-state index in [0.717, 1.165) is 45.8 Å². The summed E-state index contributed by atoms with van der Waals surface area (Å²) < 4.78 is 5.11. The molecular weight excluding hydrogens is 367 g/mol. The first-order valence-corrected chi connectivity index (χ1v) is 7.51. The molecule has 0 aromatic rings. The number of unbranched alkanes of at least 4 members (excludes halogenated alkanes) is 1. The van der Waals surface area contributed by atoms with E-state index in [9.17, 15) is 0 Å². The van der Waals surface area contributed by atoms with E-state index in [1.165, 1.54) is 19.3 Å². The highest BCUT2D eigenvalue weighted by molar-refractivity contribution is 14.0. The zero-order valence-electron chi connectivity index (χ0n) is 12.9. The topological polar surface area (TPSA) is 62.9 Å².